The Morgan fingerprint density at radius 2 is 1.93 bits per heavy atom. The van der Waals surface area contributed by atoms with Gasteiger partial charge in [-0.05, 0) is 56.5 Å². The molecule has 0 bridgehead atoms. The van der Waals surface area contributed by atoms with E-state index in [-0.39, 0.29) is 18.1 Å². The summed E-state index contributed by atoms with van der Waals surface area (Å²) < 4.78 is 23.6. The van der Waals surface area contributed by atoms with Crippen LogP contribution in [-0.2, 0) is 19.4 Å². The second kappa shape index (κ2) is 9.21. The molecule has 2 rings (SSSR count). The molecule has 0 saturated carbocycles. The van der Waals surface area contributed by atoms with Crippen LogP contribution in [0, 0.1) is 10.7 Å². The fourth-order valence-electron chi connectivity index (χ4n) is 2.75. The Labute approximate surface area is 163 Å². The van der Waals surface area contributed by atoms with Crippen molar-refractivity contribution in [3.63, 3.8) is 0 Å². The maximum Gasteiger partial charge on any atom is 0.313 e. The number of nitriles is 1. The van der Waals surface area contributed by atoms with Crippen LogP contribution in [0.2, 0.25) is 0 Å². The van der Waals surface area contributed by atoms with Crippen molar-refractivity contribution < 1.29 is 18.0 Å². The van der Waals surface area contributed by atoms with Crippen LogP contribution in [0.15, 0.2) is 29.2 Å². The molecular weight excluding hydrogens is 388 g/mol. The third-order valence-corrected chi connectivity index (χ3v) is 6.52. The number of carbonyl (C=O) groups is 2. The Balaban J connectivity index is 2.08. The molecule has 1 heterocycles. The number of sulfone groups is 1. The van der Waals surface area contributed by atoms with Gasteiger partial charge in [0.25, 0.3) is 0 Å². The minimum absolute atomic E-state index is 0.0308. The van der Waals surface area contributed by atoms with E-state index in [1.165, 1.54) is 4.90 Å². The third kappa shape index (κ3) is 6.23. The van der Waals surface area contributed by atoms with Gasteiger partial charge in [-0.3, -0.25) is 9.59 Å². The molecule has 8 nitrogen and oxygen atoms in total. The number of thiocyanates is 1. The summed E-state index contributed by atoms with van der Waals surface area (Å²) in [5, 5.41) is 13.1. The van der Waals surface area contributed by atoms with Crippen LogP contribution in [0.1, 0.15) is 6.42 Å². The summed E-state index contributed by atoms with van der Waals surface area (Å²) in [6.07, 6.45) is 0.342. The summed E-state index contributed by atoms with van der Waals surface area (Å²) in [6, 6.07) is 6.06. The molecule has 1 N–H and O–H groups in total. The molecule has 1 saturated heterocycles. The van der Waals surface area contributed by atoms with Crippen LogP contribution in [-0.4, -0.2) is 74.8 Å². The van der Waals surface area contributed by atoms with Crippen molar-refractivity contribution in [2.24, 2.45) is 0 Å². The van der Waals surface area contributed by atoms with Gasteiger partial charge in [0.2, 0.25) is 0 Å². The van der Waals surface area contributed by atoms with Crippen LogP contribution in [0.3, 0.4) is 0 Å². The first-order chi connectivity index (χ1) is 12.7. The fourth-order valence-corrected chi connectivity index (χ4v) is 4.86. The van der Waals surface area contributed by atoms with E-state index >= 15 is 0 Å². The molecule has 1 fully saturated rings. The molecule has 1 aliphatic rings. The predicted molar refractivity (Wildman–Crippen MR) is 104 cm³/mol. The van der Waals surface area contributed by atoms with E-state index < -0.39 is 27.7 Å². The van der Waals surface area contributed by atoms with Gasteiger partial charge < -0.3 is 15.1 Å². The van der Waals surface area contributed by atoms with Gasteiger partial charge in [0.1, 0.15) is 5.40 Å². The number of nitrogens with zero attached hydrogens (tertiary/aromatic N) is 3. The van der Waals surface area contributed by atoms with Gasteiger partial charge in [-0.15, -0.1) is 0 Å². The monoisotopic (exact) mass is 410 g/mol. The zero-order valence-electron chi connectivity index (χ0n) is 15.2. The minimum atomic E-state index is -3.18. The number of likely N-dealkylation sites (N-methyl/N-ethyl adjacent to an activating group) is 1. The maximum atomic E-state index is 12.7. The van der Waals surface area contributed by atoms with Crippen molar-refractivity contribution in [2.45, 2.75) is 17.4 Å². The molecule has 27 heavy (non-hydrogen) atoms. The third-order valence-electron chi connectivity index (χ3n) is 4.17. The molecule has 0 aliphatic carbocycles. The normalized spacial score (nSPS) is 18.1. The first-order valence-electron chi connectivity index (χ1n) is 8.35. The molecule has 2 amide bonds. The van der Waals surface area contributed by atoms with Gasteiger partial charge in [0.15, 0.2) is 9.84 Å². The average molecular weight is 411 g/mol. The Morgan fingerprint density at radius 1 is 1.26 bits per heavy atom. The summed E-state index contributed by atoms with van der Waals surface area (Å²) >= 11 is 0.996. The molecular formula is C17H22N4O4S2. The smallest absolute Gasteiger partial charge is 0.313 e. The van der Waals surface area contributed by atoms with E-state index in [1.807, 2.05) is 24.4 Å². The number of thioether (sulfide) groups is 1. The topological polar surface area (TPSA) is 111 Å². The van der Waals surface area contributed by atoms with Crippen LogP contribution in [0.4, 0.5) is 5.69 Å². The van der Waals surface area contributed by atoms with Gasteiger partial charge in [-0.2, -0.15) is 5.26 Å². The predicted octanol–water partition coefficient (Wildman–Crippen LogP) is 0.776. The lowest BCUT2D eigenvalue weighted by molar-refractivity contribution is -0.144. The van der Waals surface area contributed by atoms with E-state index in [9.17, 15) is 18.0 Å². The largest absolute Gasteiger partial charge is 0.329 e. The molecule has 146 valence electrons. The van der Waals surface area contributed by atoms with Crippen molar-refractivity contribution in [2.75, 3.05) is 44.0 Å². The summed E-state index contributed by atoms with van der Waals surface area (Å²) in [4.78, 5) is 29.0. The zero-order valence-corrected chi connectivity index (χ0v) is 16.8. The summed E-state index contributed by atoms with van der Waals surface area (Å²) in [5.41, 5.74) is 0.433. The van der Waals surface area contributed by atoms with Crippen LogP contribution in [0.25, 0.3) is 0 Å². The summed E-state index contributed by atoms with van der Waals surface area (Å²) in [5.74, 6) is -1.63. The standard InChI is InChI=1S/C17H22N4O4S2/c1-20(2)8-9-21(14-7-10-27(24,25)11-14)17(23)16(22)19-13-3-5-15(6-4-13)26-12-18/h3-6,14H,7-11H2,1-2H3,(H,19,22). The molecule has 0 spiro atoms. The minimum Gasteiger partial charge on any atom is -0.329 e. The van der Waals surface area contributed by atoms with Crippen LogP contribution < -0.4 is 5.32 Å². The molecule has 1 atom stereocenters. The van der Waals surface area contributed by atoms with Crippen LogP contribution in [0.5, 0.6) is 0 Å². The molecule has 1 aromatic carbocycles. The van der Waals surface area contributed by atoms with Crippen molar-refractivity contribution >= 4 is 39.1 Å². The second-order valence-corrected chi connectivity index (χ2v) is 9.62. The second-order valence-electron chi connectivity index (χ2n) is 6.53. The van der Waals surface area contributed by atoms with Gasteiger partial charge in [-0.1, -0.05) is 0 Å². The molecule has 10 heteroatoms. The van der Waals surface area contributed by atoms with Crippen molar-refractivity contribution in [3.8, 4) is 5.40 Å². The Morgan fingerprint density at radius 3 is 2.44 bits per heavy atom. The quantitative estimate of drug-likeness (QED) is 0.419. The summed E-state index contributed by atoms with van der Waals surface area (Å²) in [6.45, 7) is 0.798. The zero-order chi connectivity index (χ0) is 20.0. The molecule has 1 aromatic rings. The number of hydrogen-bond acceptors (Lipinski definition) is 7. The Kier molecular flexibility index (Phi) is 7.24. The Hall–Kier alpha value is -2.09. The average Bonchev–Trinajstić information content (AvgIpc) is 2.96. The lowest BCUT2D eigenvalue weighted by atomic mass is 10.2. The fraction of sp³-hybridized carbons (Fsp3) is 0.471. The van der Waals surface area contributed by atoms with Gasteiger partial charge in [-0.25, -0.2) is 8.42 Å². The van der Waals surface area contributed by atoms with E-state index in [2.05, 4.69) is 5.32 Å². The van der Waals surface area contributed by atoms with Gasteiger partial charge in [0.05, 0.1) is 11.5 Å². The van der Waals surface area contributed by atoms with E-state index in [4.69, 9.17) is 5.26 Å². The number of anilines is 1. The first-order valence-corrected chi connectivity index (χ1v) is 11.0. The van der Waals surface area contributed by atoms with Crippen molar-refractivity contribution in [1.82, 2.24) is 9.80 Å². The highest BCUT2D eigenvalue weighted by molar-refractivity contribution is 8.03. The highest BCUT2D eigenvalue weighted by Gasteiger charge is 2.36. The SMILES string of the molecule is CN(C)CCN(C(=O)C(=O)Nc1ccc(SC#N)cc1)C1CCS(=O)(=O)C1. The maximum absolute atomic E-state index is 12.7. The van der Waals surface area contributed by atoms with E-state index in [1.54, 1.807) is 24.3 Å². The number of amides is 2. The van der Waals surface area contributed by atoms with Crippen molar-refractivity contribution in [3.05, 3.63) is 24.3 Å². The van der Waals surface area contributed by atoms with Crippen molar-refractivity contribution in [1.29, 1.82) is 5.26 Å². The molecule has 1 unspecified atom stereocenters. The number of rotatable bonds is 6. The first kappa shape index (κ1) is 21.2. The van der Waals surface area contributed by atoms with E-state index in [0.29, 0.717) is 18.7 Å². The molecule has 1 aliphatic heterocycles. The van der Waals surface area contributed by atoms with Gasteiger partial charge >= 0.3 is 11.8 Å². The molecule has 0 aromatic heterocycles. The highest BCUT2D eigenvalue weighted by atomic mass is 32.2. The number of nitrogens with one attached hydrogen (secondary N) is 1. The van der Waals surface area contributed by atoms with Gasteiger partial charge in [0, 0.05) is 29.7 Å². The Bertz CT molecular complexity index is 831. The van der Waals surface area contributed by atoms with Crippen LogP contribution >= 0.6 is 11.8 Å². The summed E-state index contributed by atoms with van der Waals surface area (Å²) in [7, 11) is 0.509. The van der Waals surface area contributed by atoms with E-state index in [0.717, 1.165) is 16.7 Å². The lowest BCUT2D eigenvalue weighted by Gasteiger charge is -2.28. The highest BCUT2D eigenvalue weighted by Crippen LogP contribution is 2.20. The number of carbonyl (C=O) groups excluding carboxylic acids is 2. The number of benzene rings is 1. The number of hydrogen-bond donors (Lipinski definition) is 1. The lowest BCUT2D eigenvalue weighted by Crippen LogP contribution is -2.48. The molecule has 0 radical (unpaired) electrons.